The zero-order chi connectivity index (χ0) is 13.8. The maximum absolute atomic E-state index is 11.8. The highest BCUT2D eigenvalue weighted by molar-refractivity contribution is 5.83. The molecule has 2 amide bonds. The molecule has 3 N–H and O–H groups in total. The number of nitrogens with one attached hydrogen (secondary N) is 1. The Morgan fingerprint density at radius 3 is 3.00 bits per heavy atom. The molecule has 2 rings (SSSR count). The van der Waals surface area contributed by atoms with Gasteiger partial charge in [0.1, 0.15) is 6.04 Å². The molecule has 1 aliphatic heterocycles. The minimum absolute atomic E-state index is 0.0189. The maximum Gasteiger partial charge on any atom is 0.326 e. The molecule has 0 aromatic carbocycles. The van der Waals surface area contributed by atoms with Crippen molar-refractivity contribution < 1.29 is 24.3 Å². The van der Waals surface area contributed by atoms with Gasteiger partial charge in [0, 0.05) is 25.9 Å². The van der Waals surface area contributed by atoms with Crippen LogP contribution >= 0.6 is 0 Å². The lowest BCUT2D eigenvalue weighted by molar-refractivity contribution is -0.141. The molecule has 0 radical (unpaired) electrons. The molecular formula is C10H14N4O5. The number of aliphatic hydroxyl groups excluding tert-OH is 1. The summed E-state index contributed by atoms with van der Waals surface area (Å²) in [6.45, 7) is 0.280. The molecule has 1 saturated heterocycles. The minimum Gasteiger partial charge on any atom is -0.480 e. The van der Waals surface area contributed by atoms with E-state index >= 15 is 0 Å². The highest BCUT2D eigenvalue weighted by Crippen LogP contribution is 2.17. The quantitative estimate of drug-likeness (QED) is 0.629. The number of urea groups is 1. The zero-order valence-corrected chi connectivity index (χ0v) is 10.0. The molecular weight excluding hydrogens is 256 g/mol. The number of carboxylic acids is 1. The van der Waals surface area contributed by atoms with Gasteiger partial charge in [-0.1, -0.05) is 5.16 Å². The maximum atomic E-state index is 11.8. The van der Waals surface area contributed by atoms with Gasteiger partial charge >= 0.3 is 12.0 Å². The van der Waals surface area contributed by atoms with Gasteiger partial charge in [0.05, 0.1) is 6.10 Å². The summed E-state index contributed by atoms with van der Waals surface area (Å²) in [4.78, 5) is 27.7. The summed E-state index contributed by atoms with van der Waals surface area (Å²) in [5, 5.41) is 24.5. The van der Waals surface area contributed by atoms with E-state index in [9.17, 15) is 14.7 Å². The zero-order valence-electron chi connectivity index (χ0n) is 10.0. The molecule has 1 aromatic heterocycles. The number of carboxylic acid groups (broad SMARTS) is 1. The molecule has 9 nitrogen and oxygen atoms in total. The first-order valence-corrected chi connectivity index (χ1v) is 5.78. The van der Waals surface area contributed by atoms with Crippen molar-refractivity contribution >= 4 is 12.0 Å². The van der Waals surface area contributed by atoms with Crippen molar-refractivity contribution in [2.24, 2.45) is 0 Å². The number of carbonyl (C=O) groups is 2. The SMILES string of the molecule is O=C(O)C1CC(O)CN1C(=O)NCCc1ncon1. The van der Waals surface area contributed by atoms with Crippen LogP contribution in [0.2, 0.25) is 0 Å². The fraction of sp³-hybridized carbons (Fsp3) is 0.600. The Bertz CT molecular complexity index is 449. The second kappa shape index (κ2) is 5.65. The third-order valence-electron chi connectivity index (χ3n) is 2.86. The normalized spacial score (nSPS) is 22.5. The average Bonchev–Trinajstić information content (AvgIpc) is 2.98. The monoisotopic (exact) mass is 270 g/mol. The van der Waals surface area contributed by atoms with Crippen LogP contribution in [0.3, 0.4) is 0 Å². The summed E-state index contributed by atoms with van der Waals surface area (Å²) in [6, 6.07) is -1.51. The Balaban J connectivity index is 1.83. The van der Waals surface area contributed by atoms with Crippen molar-refractivity contribution in [3.63, 3.8) is 0 Å². The average molecular weight is 270 g/mol. The van der Waals surface area contributed by atoms with Crippen LogP contribution in [0.5, 0.6) is 0 Å². The van der Waals surface area contributed by atoms with Gasteiger partial charge in [-0.15, -0.1) is 0 Å². The van der Waals surface area contributed by atoms with Gasteiger partial charge in [-0.2, -0.15) is 4.98 Å². The number of hydrogen-bond donors (Lipinski definition) is 3. The lowest BCUT2D eigenvalue weighted by Gasteiger charge is -2.21. The van der Waals surface area contributed by atoms with E-state index in [2.05, 4.69) is 20.0 Å². The van der Waals surface area contributed by atoms with Crippen molar-refractivity contribution in [3.8, 4) is 0 Å². The van der Waals surface area contributed by atoms with Crippen LogP contribution in [0.15, 0.2) is 10.9 Å². The van der Waals surface area contributed by atoms with Crippen molar-refractivity contribution in [1.29, 1.82) is 0 Å². The van der Waals surface area contributed by atoms with Crippen molar-refractivity contribution in [1.82, 2.24) is 20.4 Å². The summed E-state index contributed by atoms with van der Waals surface area (Å²) in [5.41, 5.74) is 0. The van der Waals surface area contributed by atoms with E-state index in [1.807, 2.05) is 0 Å². The van der Waals surface area contributed by atoms with E-state index in [0.717, 1.165) is 4.90 Å². The number of nitrogens with zero attached hydrogens (tertiary/aromatic N) is 3. The molecule has 104 valence electrons. The van der Waals surface area contributed by atoms with Gasteiger partial charge in [-0.3, -0.25) is 0 Å². The Morgan fingerprint density at radius 2 is 2.37 bits per heavy atom. The molecule has 1 aromatic rings. The molecule has 0 spiro atoms. The standard InChI is InChI=1S/C10H14N4O5/c15-6-3-7(9(16)17)14(4-6)10(18)11-2-1-8-12-5-19-13-8/h5-7,15H,1-4H2,(H,11,18)(H,16,17). The number of rotatable bonds is 4. The summed E-state index contributed by atoms with van der Waals surface area (Å²) in [5.74, 6) is -0.665. The largest absolute Gasteiger partial charge is 0.480 e. The van der Waals surface area contributed by atoms with Crippen molar-refractivity contribution in [3.05, 3.63) is 12.2 Å². The van der Waals surface area contributed by atoms with Crippen LogP contribution in [0, 0.1) is 0 Å². The van der Waals surface area contributed by atoms with E-state index < -0.39 is 24.1 Å². The Morgan fingerprint density at radius 1 is 1.58 bits per heavy atom. The number of likely N-dealkylation sites (tertiary alicyclic amines) is 1. The first kappa shape index (κ1) is 13.3. The molecule has 1 aliphatic rings. The fourth-order valence-electron chi connectivity index (χ4n) is 1.96. The van der Waals surface area contributed by atoms with E-state index in [1.165, 1.54) is 6.39 Å². The van der Waals surface area contributed by atoms with Gasteiger partial charge in [0.25, 0.3) is 0 Å². The second-order valence-corrected chi connectivity index (χ2v) is 4.23. The van der Waals surface area contributed by atoms with Gasteiger partial charge in [-0.25, -0.2) is 9.59 Å². The molecule has 2 heterocycles. The lowest BCUT2D eigenvalue weighted by atomic mass is 10.2. The number of aliphatic hydroxyl groups is 1. The van der Waals surface area contributed by atoms with Crippen LogP contribution in [0.4, 0.5) is 4.79 Å². The van der Waals surface area contributed by atoms with Gasteiger partial charge in [0.2, 0.25) is 6.39 Å². The molecule has 1 fully saturated rings. The van der Waals surface area contributed by atoms with E-state index in [-0.39, 0.29) is 19.5 Å². The number of aliphatic carboxylic acids is 1. The molecule has 9 heteroatoms. The van der Waals surface area contributed by atoms with E-state index in [1.54, 1.807) is 0 Å². The number of hydrogen-bond acceptors (Lipinski definition) is 6. The lowest BCUT2D eigenvalue weighted by Crippen LogP contribution is -2.46. The van der Waals surface area contributed by atoms with Crippen LogP contribution in [0.1, 0.15) is 12.2 Å². The third kappa shape index (κ3) is 3.19. The highest BCUT2D eigenvalue weighted by atomic mass is 16.5. The minimum atomic E-state index is -1.12. The van der Waals surface area contributed by atoms with E-state index in [4.69, 9.17) is 5.11 Å². The fourth-order valence-corrected chi connectivity index (χ4v) is 1.96. The topological polar surface area (TPSA) is 129 Å². The highest BCUT2D eigenvalue weighted by Gasteiger charge is 2.38. The Kier molecular flexibility index (Phi) is 3.95. The summed E-state index contributed by atoms with van der Waals surface area (Å²) in [6.07, 6.45) is 0.822. The number of carbonyl (C=O) groups excluding carboxylic acids is 1. The Hall–Kier alpha value is -2.16. The van der Waals surface area contributed by atoms with E-state index in [0.29, 0.717) is 12.2 Å². The molecule has 0 aliphatic carbocycles. The predicted octanol–water partition coefficient (Wildman–Crippen LogP) is -1.16. The molecule has 0 saturated carbocycles. The summed E-state index contributed by atoms with van der Waals surface area (Å²) < 4.78 is 4.54. The van der Waals surface area contributed by atoms with Gasteiger partial charge < -0.3 is 25.0 Å². The predicted molar refractivity (Wildman–Crippen MR) is 60.2 cm³/mol. The summed E-state index contributed by atoms with van der Waals surface area (Å²) in [7, 11) is 0. The number of aromatic nitrogens is 2. The smallest absolute Gasteiger partial charge is 0.326 e. The molecule has 0 bridgehead atoms. The summed E-state index contributed by atoms with van der Waals surface area (Å²) >= 11 is 0. The van der Waals surface area contributed by atoms with Crippen LogP contribution in [0.25, 0.3) is 0 Å². The van der Waals surface area contributed by atoms with Crippen molar-refractivity contribution in [2.45, 2.75) is 25.0 Å². The van der Waals surface area contributed by atoms with Crippen molar-refractivity contribution in [2.75, 3.05) is 13.1 Å². The third-order valence-corrected chi connectivity index (χ3v) is 2.86. The van der Waals surface area contributed by atoms with Crippen LogP contribution < -0.4 is 5.32 Å². The molecule has 19 heavy (non-hydrogen) atoms. The van der Waals surface area contributed by atoms with Gasteiger partial charge in [-0.05, 0) is 0 Å². The first-order valence-electron chi connectivity index (χ1n) is 5.78. The first-order chi connectivity index (χ1) is 9.08. The second-order valence-electron chi connectivity index (χ2n) is 4.23. The van der Waals surface area contributed by atoms with Crippen LogP contribution in [-0.2, 0) is 11.2 Å². The van der Waals surface area contributed by atoms with Crippen LogP contribution in [-0.4, -0.2) is 62.5 Å². The Labute approximate surface area is 108 Å². The molecule has 2 unspecified atom stereocenters. The molecule has 2 atom stereocenters. The van der Waals surface area contributed by atoms with Gasteiger partial charge in [0.15, 0.2) is 5.82 Å². The number of amides is 2. The number of β-amino-alcohol motifs (C(OH)–C–C–N with tert-alkyl or cyclic N) is 1.